The molecule has 0 aromatic carbocycles. The predicted octanol–water partition coefficient (Wildman–Crippen LogP) is 2.11. The number of hydrogen-bond acceptors (Lipinski definition) is 2. The Hall–Kier alpha value is -1.45. The van der Waals surface area contributed by atoms with Crippen LogP contribution in [0.25, 0.3) is 0 Å². The molecule has 17 heavy (non-hydrogen) atoms. The van der Waals surface area contributed by atoms with Gasteiger partial charge in [0.2, 0.25) is 0 Å². The summed E-state index contributed by atoms with van der Waals surface area (Å²) in [5.41, 5.74) is 6.64. The number of hydrogen-bond donors (Lipinski definition) is 1. The van der Waals surface area contributed by atoms with Crippen LogP contribution in [-0.4, -0.2) is 28.5 Å². The van der Waals surface area contributed by atoms with Gasteiger partial charge in [-0.25, -0.2) is 0 Å². The first-order chi connectivity index (χ1) is 8.24. The second-order valence-electron chi connectivity index (χ2n) is 4.61. The Balaban J connectivity index is 2.14. The zero-order valence-electron chi connectivity index (χ0n) is 10.5. The number of nitrogens with zero attached hydrogens (tertiary/aromatic N) is 2. The molecule has 0 radical (unpaired) electrons. The van der Waals surface area contributed by atoms with E-state index in [4.69, 9.17) is 5.73 Å². The highest BCUT2D eigenvalue weighted by molar-refractivity contribution is 5.98. The fourth-order valence-electron chi connectivity index (χ4n) is 2.39. The zero-order valence-corrected chi connectivity index (χ0v) is 10.5. The summed E-state index contributed by atoms with van der Waals surface area (Å²) in [4.78, 5) is 14.3. The molecular formula is C13H21N3O. The number of amides is 1. The van der Waals surface area contributed by atoms with Crippen LogP contribution in [-0.2, 0) is 6.54 Å². The van der Waals surface area contributed by atoms with Gasteiger partial charge in [0.15, 0.2) is 0 Å². The van der Waals surface area contributed by atoms with E-state index in [2.05, 4.69) is 0 Å². The van der Waals surface area contributed by atoms with Gasteiger partial charge in [-0.05, 0) is 25.8 Å². The molecule has 2 heterocycles. The van der Waals surface area contributed by atoms with Crippen LogP contribution in [0.5, 0.6) is 0 Å². The summed E-state index contributed by atoms with van der Waals surface area (Å²) in [5, 5.41) is 0. The summed E-state index contributed by atoms with van der Waals surface area (Å²) in [6.07, 6.45) is 6.57. The fourth-order valence-corrected chi connectivity index (χ4v) is 2.39. The lowest BCUT2D eigenvalue weighted by Crippen LogP contribution is -2.32. The van der Waals surface area contributed by atoms with Gasteiger partial charge in [-0.3, -0.25) is 4.79 Å². The van der Waals surface area contributed by atoms with Crippen molar-refractivity contribution in [2.45, 2.75) is 39.2 Å². The number of nitrogens with two attached hydrogens (primary N) is 1. The Kier molecular flexibility index (Phi) is 3.71. The van der Waals surface area contributed by atoms with Crippen LogP contribution < -0.4 is 5.73 Å². The molecule has 1 amide bonds. The monoisotopic (exact) mass is 235 g/mol. The van der Waals surface area contributed by atoms with E-state index in [-0.39, 0.29) is 5.91 Å². The molecule has 4 heteroatoms. The third-order valence-corrected chi connectivity index (χ3v) is 3.47. The largest absolute Gasteiger partial charge is 0.384 e. The number of aromatic nitrogens is 1. The van der Waals surface area contributed by atoms with Gasteiger partial charge in [0.25, 0.3) is 5.91 Å². The van der Waals surface area contributed by atoms with E-state index < -0.39 is 0 Å². The Morgan fingerprint density at radius 2 is 1.94 bits per heavy atom. The van der Waals surface area contributed by atoms with Crippen LogP contribution in [0.1, 0.15) is 43.0 Å². The van der Waals surface area contributed by atoms with Crippen molar-refractivity contribution >= 4 is 11.7 Å². The molecule has 1 aliphatic heterocycles. The number of carbonyl (C=O) groups is 1. The minimum atomic E-state index is 0.0941. The lowest BCUT2D eigenvalue weighted by Gasteiger charge is -2.20. The lowest BCUT2D eigenvalue weighted by molar-refractivity contribution is 0.0763. The molecule has 1 aromatic heterocycles. The standard InChI is InChI=1S/C13H21N3O/c1-2-15-10-7-11(12(15)14)13(17)16-8-5-3-4-6-9-16/h7,10H,2-6,8-9,14H2,1H3. The van der Waals surface area contributed by atoms with Gasteiger partial charge in [-0.2, -0.15) is 0 Å². The maximum absolute atomic E-state index is 12.3. The summed E-state index contributed by atoms with van der Waals surface area (Å²) in [5.74, 6) is 0.693. The first-order valence-corrected chi connectivity index (χ1v) is 6.48. The number of aryl methyl sites for hydroxylation is 1. The van der Waals surface area contributed by atoms with Crippen molar-refractivity contribution in [1.29, 1.82) is 0 Å². The van der Waals surface area contributed by atoms with Gasteiger partial charge >= 0.3 is 0 Å². The Labute approximate surface area is 102 Å². The Morgan fingerprint density at radius 1 is 1.29 bits per heavy atom. The van der Waals surface area contributed by atoms with Crippen LogP contribution in [0.2, 0.25) is 0 Å². The smallest absolute Gasteiger partial charge is 0.257 e. The average Bonchev–Trinajstić information content (AvgIpc) is 2.57. The Bertz CT molecular complexity index is 389. The predicted molar refractivity (Wildman–Crippen MR) is 68.9 cm³/mol. The van der Waals surface area contributed by atoms with Crippen LogP contribution in [0.4, 0.5) is 5.82 Å². The molecule has 2 N–H and O–H groups in total. The molecule has 1 fully saturated rings. The first kappa shape index (κ1) is 12.0. The van der Waals surface area contributed by atoms with Crippen LogP contribution in [0, 0.1) is 0 Å². The summed E-state index contributed by atoms with van der Waals surface area (Å²) in [7, 11) is 0. The summed E-state index contributed by atoms with van der Waals surface area (Å²) in [6, 6.07) is 1.84. The zero-order chi connectivity index (χ0) is 12.3. The van der Waals surface area contributed by atoms with Crippen LogP contribution >= 0.6 is 0 Å². The van der Waals surface area contributed by atoms with Crippen molar-refractivity contribution in [3.05, 3.63) is 17.8 Å². The molecule has 0 saturated carbocycles. The maximum atomic E-state index is 12.3. The molecule has 0 aliphatic carbocycles. The molecule has 4 nitrogen and oxygen atoms in total. The highest BCUT2D eigenvalue weighted by Gasteiger charge is 2.20. The molecule has 0 unspecified atom stereocenters. The summed E-state index contributed by atoms with van der Waals surface area (Å²) in [6.45, 7) is 4.57. The third kappa shape index (κ3) is 2.46. The Morgan fingerprint density at radius 3 is 2.47 bits per heavy atom. The van der Waals surface area contributed by atoms with E-state index in [0.29, 0.717) is 11.4 Å². The number of anilines is 1. The highest BCUT2D eigenvalue weighted by atomic mass is 16.2. The van der Waals surface area contributed by atoms with Crippen molar-refractivity contribution in [2.24, 2.45) is 0 Å². The van der Waals surface area contributed by atoms with E-state index in [1.807, 2.05) is 28.7 Å². The van der Waals surface area contributed by atoms with Gasteiger partial charge in [-0.15, -0.1) is 0 Å². The van der Waals surface area contributed by atoms with Crippen LogP contribution in [0.15, 0.2) is 12.3 Å². The quantitative estimate of drug-likeness (QED) is 0.853. The average molecular weight is 235 g/mol. The minimum absolute atomic E-state index is 0.0941. The highest BCUT2D eigenvalue weighted by Crippen LogP contribution is 2.18. The number of likely N-dealkylation sites (tertiary alicyclic amines) is 1. The van der Waals surface area contributed by atoms with E-state index in [9.17, 15) is 4.79 Å². The molecule has 1 aliphatic rings. The van der Waals surface area contributed by atoms with Crippen LogP contribution in [0.3, 0.4) is 0 Å². The first-order valence-electron chi connectivity index (χ1n) is 6.48. The number of carbonyl (C=O) groups excluding carboxylic acids is 1. The normalized spacial score (nSPS) is 16.9. The van der Waals surface area contributed by atoms with Crippen molar-refractivity contribution in [2.75, 3.05) is 18.8 Å². The van der Waals surface area contributed by atoms with Crippen molar-refractivity contribution < 1.29 is 4.79 Å². The number of rotatable bonds is 2. The van der Waals surface area contributed by atoms with Gasteiger partial charge in [0, 0.05) is 25.8 Å². The molecular weight excluding hydrogens is 214 g/mol. The fraction of sp³-hybridized carbons (Fsp3) is 0.615. The van der Waals surface area contributed by atoms with Crippen molar-refractivity contribution in [1.82, 2.24) is 9.47 Å². The third-order valence-electron chi connectivity index (χ3n) is 3.47. The molecule has 0 atom stereocenters. The van der Waals surface area contributed by atoms with E-state index >= 15 is 0 Å². The maximum Gasteiger partial charge on any atom is 0.257 e. The molecule has 0 spiro atoms. The number of nitrogen functional groups attached to an aromatic ring is 1. The van der Waals surface area contributed by atoms with Crippen molar-refractivity contribution in [3.63, 3.8) is 0 Å². The second-order valence-corrected chi connectivity index (χ2v) is 4.61. The topological polar surface area (TPSA) is 51.3 Å². The SMILES string of the molecule is CCn1ccc(C(=O)N2CCCCCC2)c1N. The second kappa shape index (κ2) is 5.25. The van der Waals surface area contributed by atoms with E-state index in [1.165, 1.54) is 12.8 Å². The van der Waals surface area contributed by atoms with Gasteiger partial charge < -0.3 is 15.2 Å². The minimum Gasteiger partial charge on any atom is -0.384 e. The molecule has 1 saturated heterocycles. The summed E-state index contributed by atoms with van der Waals surface area (Å²) >= 11 is 0. The van der Waals surface area contributed by atoms with E-state index in [0.717, 1.165) is 32.5 Å². The molecule has 2 rings (SSSR count). The summed E-state index contributed by atoms with van der Waals surface area (Å²) < 4.78 is 1.91. The molecule has 1 aromatic rings. The van der Waals surface area contributed by atoms with Crippen molar-refractivity contribution in [3.8, 4) is 0 Å². The molecule has 94 valence electrons. The molecule has 0 bridgehead atoms. The van der Waals surface area contributed by atoms with Gasteiger partial charge in [-0.1, -0.05) is 12.8 Å². The van der Waals surface area contributed by atoms with Gasteiger partial charge in [0.05, 0.1) is 5.56 Å². The van der Waals surface area contributed by atoms with Gasteiger partial charge in [0.1, 0.15) is 5.82 Å². The van der Waals surface area contributed by atoms with E-state index in [1.54, 1.807) is 0 Å². The lowest BCUT2D eigenvalue weighted by atomic mass is 10.2.